The Balaban J connectivity index is 2.16. The third kappa shape index (κ3) is 5.72. The van der Waals surface area contributed by atoms with Gasteiger partial charge in [-0.15, -0.1) is 0 Å². The average molecular weight is 279 g/mol. The predicted molar refractivity (Wildman–Crippen MR) is 79.9 cm³/mol. The molecular formula is C16H25NO3. The van der Waals surface area contributed by atoms with Crippen LogP contribution >= 0.6 is 0 Å². The van der Waals surface area contributed by atoms with Crippen molar-refractivity contribution in [2.45, 2.75) is 38.6 Å². The first-order chi connectivity index (χ1) is 9.58. The summed E-state index contributed by atoms with van der Waals surface area (Å²) in [6, 6.07) is 10.3. The van der Waals surface area contributed by atoms with Gasteiger partial charge in [0, 0.05) is 13.2 Å². The molecule has 0 spiro atoms. The van der Waals surface area contributed by atoms with Gasteiger partial charge >= 0.3 is 5.97 Å². The molecule has 4 nitrogen and oxygen atoms in total. The predicted octanol–water partition coefficient (Wildman–Crippen LogP) is 2.48. The van der Waals surface area contributed by atoms with Gasteiger partial charge in [0.15, 0.2) is 0 Å². The van der Waals surface area contributed by atoms with Crippen LogP contribution in [0.3, 0.4) is 0 Å². The lowest BCUT2D eigenvalue weighted by Crippen LogP contribution is -2.50. The fourth-order valence-corrected chi connectivity index (χ4v) is 2.06. The number of ether oxygens (including phenoxy) is 1. The quantitative estimate of drug-likeness (QED) is 0.646. The molecule has 2 N–H and O–H groups in total. The number of rotatable bonds is 10. The Morgan fingerprint density at radius 1 is 1.30 bits per heavy atom. The SMILES string of the molecule is CCNC(C)(CCOCCCc1ccccc1)C(=O)O. The summed E-state index contributed by atoms with van der Waals surface area (Å²) in [4.78, 5) is 11.2. The van der Waals surface area contributed by atoms with E-state index in [9.17, 15) is 9.90 Å². The Morgan fingerprint density at radius 3 is 2.60 bits per heavy atom. The van der Waals surface area contributed by atoms with Crippen molar-refractivity contribution in [2.24, 2.45) is 0 Å². The molecule has 20 heavy (non-hydrogen) atoms. The zero-order valence-corrected chi connectivity index (χ0v) is 12.4. The van der Waals surface area contributed by atoms with Crippen molar-refractivity contribution in [3.63, 3.8) is 0 Å². The van der Waals surface area contributed by atoms with Gasteiger partial charge < -0.3 is 15.2 Å². The lowest BCUT2D eigenvalue weighted by atomic mass is 9.98. The molecule has 0 aliphatic carbocycles. The van der Waals surface area contributed by atoms with Crippen LogP contribution in [0.5, 0.6) is 0 Å². The summed E-state index contributed by atoms with van der Waals surface area (Å²) >= 11 is 0. The van der Waals surface area contributed by atoms with E-state index in [-0.39, 0.29) is 0 Å². The summed E-state index contributed by atoms with van der Waals surface area (Å²) in [7, 11) is 0. The minimum absolute atomic E-state index is 0.463. The minimum Gasteiger partial charge on any atom is -0.480 e. The van der Waals surface area contributed by atoms with Gasteiger partial charge in [0.05, 0.1) is 0 Å². The van der Waals surface area contributed by atoms with Gasteiger partial charge in [-0.1, -0.05) is 37.3 Å². The van der Waals surface area contributed by atoms with Crippen molar-refractivity contribution in [3.05, 3.63) is 35.9 Å². The van der Waals surface area contributed by atoms with E-state index in [0.717, 1.165) is 12.8 Å². The molecule has 1 unspecified atom stereocenters. The smallest absolute Gasteiger partial charge is 0.323 e. The van der Waals surface area contributed by atoms with Gasteiger partial charge in [-0.25, -0.2) is 0 Å². The number of benzene rings is 1. The molecule has 1 aromatic rings. The second-order valence-corrected chi connectivity index (χ2v) is 5.12. The highest BCUT2D eigenvalue weighted by Gasteiger charge is 2.31. The maximum atomic E-state index is 11.2. The number of aliphatic carboxylic acids is 1. The normalized spacial score (nSPS) is 13.9. The van der Waals surface area contributed by atoms with Crippen molar-refractivity contribution in [3.8, 4) is 0 Å². The summed E-state index contributed by atoms with van der Waals surface area (Å²) in [5, 5.41) is 12.2. The van der Waals surface area contributed by atoms with Crippen LogP contribution in [0.15, 0.2) is 30.3 Å². The first-order valence-electron chi connectivity index (χ1n) is 7.18. The number of likely N-dealkylation sites (N-methyl/N-ethyl adjacent to an activating group) is 1. The number of carboxylic acids is 1. The fourth-order valence-electron chi connectivity index (χ4n) is 2.06. The highest BCUT2D eigenvalue weighted by atomic mass is 16.5. The zero-order valence-electron chi connectivity index (χ0n) is 12.4. The van der Waals surface area contributed by atoms with E-state index in [4.69, 9.17) is 4.74 Å². The molecular weight excluding hydrogens is 254 g/mol. The van der Waals surface area contributed by atoms with Crippen molar-refractivity contribution < 1.29 is 14.6 Å². The van der Waals surface area contributed by atoms with Crippen LogP contribution in [0.25, 0.3) is 0 Å². The number of hydrogen-bond donors (Lipinski definition) is 2. The van der Waals surface area contributed by atoms with Gasteiger partial charge in [0.2, 0.25) is 0 Å². The molecule has 1 rings (SSSR count). The van der Waals surface area contributed by atoms with E-state index in [0.29, 0.717) is 26.2 Å². The standard InChI is InChI=1S/C16H25NO3/c1-3-17-16(2,15(18)19)11-13-20-12-7-10-14-8-5-4-6-9-14/h4-6,8-9,17H,3,7,10-13H2,1-2H3,(H,18,19). The largest absolute Gasteiger partial charge is 0.480 e. The lowest BCUT2D eigenvalue weighted by Gasteiger charge is -2.25. The Morgan fingerprint density at radius 2 is 2.00 bits per heavy atom. The monoisotopic (exact) mass is 279 g/mol. The van der Waals surface area contributed by atoms with Crippen LogP contribution in [-0.4, -0.2) is 36.4 Å². The Bertz CT molecular complexity index is 394. The fraction of sp³-hybridized carbons (Fsp3) is 0.562. The highest BCUT2D eigenvalue weighted by molar-refractivity contribution is 5.78. The van der Waals surface area contributed by atoms with Crippen LogP contribution in [0.2, 0.25) is 0 Å². The number of carbonyl (C=O) groups is 1. The summed E-state index contributed by atoms with van der Waals surface area (Å²) in [6.07, 6.45) is 2.42. The minimum atomic E-state index is -0.895. The maximum Gasteiger partial charge on any atom is 0.323 e. The van der Waals surface area contributed by atoms with Crippen molar-refractivity contribution >= 4 is 5.97 Å². The summed E-state index contributed by atoms with van der Waals surface area (Å²) in [5.41, 5.74) is 0.410. The molecule has 0 saturated heterocycles. The molecule has 1 aromatic carbocycles. The summed E-state index contributed by atoms with van der Waals surface area (Å²) in [6.45, 7) is 5.37. The first-order valence-corrected chi connectivity index (χ1v) is 7.18. The number of nitrogens with one attached hydrogen (secondary N) is 1. The van der Waals surface area contributed by atoms with Crippen molar-refractivity contribution in [1.29, 1.82) is 0 Å². The van der Waals surface area contributed by atoms with Crippen LogP contribution in [0, 0.1) is 0 Å². The van der Waals surface area contributed by atoms with Gasteiger partial charge in [-0.05, 0) is 38.3 Å². The second kappa shape index (κ2) is 8.72. The van der Waals surface area contributed by atoms with Crippen molar-refractivity contribution in [1.82, 2.24) is 5.32 Å². The van der Waals surface area contributed by atoms with E-state index >= 15 is 0 Å². The molecule has 0 heterocycles. The highest BCUT2D eigenvalue weighted by Crippen LogP contribution is 2.10. The van der Waals surface area contributed by atoms with Gasteiger partial charge in [0.1, 0.15) is 5.54 Å². The lowest BCUT2D eigenvalue weighted by molar-refractivity contribution is -0.145. The van der Waals surface area contributed by atoms with E-state index < -0.39 is 11.5 Å². The van der Waals surface area contributed by atoms with Gasteiger partial charge in [0.25, 0.3) is 0 Å². The van der Waals surface area contributed by atoms with Crippen LogP contribution in [-0.2, 0) is 16.0 Å². The topological polar surface area (TPSA) is 58.6 Å². The first kappa shape index (κ1) is 16.7. The van der Waals surface area contributed by atoms with Gasteiger partial charge in [-0.2, -0.15) is 0 Å². The number of hydrogen-bond acceptors (Lipinski definition) is 3. The maximum absolute atomic E-state index is 11.2. The van der Waals surface area contributed by atoms with Crippen molar-refractivity contribution in [2.75, 3.05) is 19.8 Å². The molecule has 0 radical (unpaired) electrons. The average Bonchev–Trinajstić information content (AvgIpc) is 2.44. The van der Waals surface area contributed by atoms with Crippen LogP contribution in [0.1, 0.15) is 32.3 Å². The van der Waals surface area contributed by atoms with Gasteiger partial charge in [-0.3, -0.25) is 4.79 Å². The Hall–Kier alpha value is -1.39. The Labute approximate surface area is 121 Å². The van der Waals surface area contributed by atoms with Crippen LogP contribution < -0.4 is 5.32 Å². The van der Waals surface area contributed by atoms with E-state index in [2.05, 4.69) is 17.4 Å². The third-order valence-corrected chi connectivity index (χ3v) is 3.38. The molecule has 0 aliphatic heterocycles. The molecule has 0 aliphatic rings. The Kier molecular flexibility index (Phi) is 7.26. The molecule has 112 valence electrons. The molecule has 0 fully saturated rings. The molecule has 0 saturated carbocycles. The molecule has 1 atom stereocenters. The van der Waals surface area contributed by atoms with E-state index in [1.165, 1.54) is 5.56 Å². The summed E-state index contributed by atoms with van der Waals surface area (Å²) in [5.74, 6) is -0.827. The number of carboxylic acid groups (broad SMARTS) is 1. The molecule has 0 aromatic heterocycles. The third-order valence-electron chi connectivity index (χ3n) is 3.38. The molecule has 0 bridgehead atoms. The molecule has 4 heteroatoms. The van der Waals surface area contributed by atoms with E-state index in [1.54, 1.807) is 6.92 Å². The molecule has 0 amide bonds. The van der Waals surface area contributed by atoms with E-state index in [1.807, 2.05) is 25.1 Å². The zero-order chi connectivity index (χ0) is 14.8. The summed E-state index contributed by atoms with van der Waals surface area (Å²) < 4.78 is 5.54. The number of aryl methyl sites for hydroxylation is 1. The second-order valence-electron chi connectivity index (χ2n) is 5.12. The van der Waals surface area contributed by atoms with Crippen LogP contribution in [0.4, 0.5) is 0 Å².